The van der Waals surface area contributed by atoms with Crippen molar-refractivity contribution >= 4 is 64.1 Å². The van der Waals surface area contributed by atoms with Crippen LogP contribution in [0.5, 0.6) is 0 Å². The Labute approximate surface area is 453 Å². The van der Waals surface area contributed by atoms with Gasteiger partial charge in [0.1, 0.15) is 31.9 Å². The molecule has 2 aliphatic carbocycles. The number of amides is 2. The third-order valence-corrected chi connectivity index (χ3v) is 14.1. The van der Waals surface area contributed by atoms with Crippen molar-refractivity contribution in [3.63, 3.8) is 0 Å². The maximum atomic E-state index is 14.4. The number of aliphatic imine (C=N–C) groups is 1. The molecule has 0 saturated heterocycles. The van der Waals surface area contributed by atoms with Crippen molar-refractivity contribution in [2.24, 2.45) is 28.7 Å². The van der Waals surface area contributed by atoms with E-state index in [1.165, 1.54) is 47.9 Å². The number of anilines is 2. The van der Waals surface area contributed by atoms with Gasteiger partial charge in [-0.15, -0.1) is 0 Å². The first-order chi connectivity index (χ1) is 36.5. The number of carbonyl (C=O) groups is 7. The molecule has 0 fully saturated rings. The van der Waals surface area contributed by atoms with E-state index >= 15 is 0 Å². The van der Waals surface area contributed by atoms with Gasteiger partial charge in [-0.25, -0.2) is 4.99 Å². The summed E-state index contributed by atoms with van der Waals surface area (Å²) in [6.45, 7) is 18.8. The standard InChI is InChI=1S/C60H90N4O12/c1-11-19-23-43(15-5)37-73-53(67)33-63(34-54(68)74-38-44(16-6)24-20-12-2)47-27-29-49(51(31-47)61-41(9)65)57-59(71)58(60(57)72)50-30-28-48(32-52(50)62-42(10)66)64(35-55(69)75-39-45(17-7)25-21-13-3)36-56(70)76-40-46(18-8)26-22-14-4/h27-32,43-46,71H,11-26,33-40H2,1-10H3,(H,61,65). The molecule has 16 heteroatoms. The molecule has 4 atom stereocenters. The first kappa shape index (κ1) is 64.2. The topological polar surface area (TPSA) is 208 Å². The van der Waals surface area contributed by atoms with Crippen LogP contribution in [-0.4, -0.2) is 110 Å². The molecule has 1 aromatic rings. The highest BCUT2D eigenvalue weighted by atomic mass is 16.5. The smallest absolute Gasteiger partial charge is 0.325 e. The van der Waals surface area contributed by atoms with Gasteiger partial charge in [-0.3, -0.25) is 33.6 Å². The van der Waals surface area contributed by atoms with E-state index in [1.54, 1.807) is 12.1 Å². The highest BCUT2D eigenvalue weighted by molar-refractivity contribution is 6.42. The van der Waals surface area contributed by atoms with Crippen LogP contribution >= 0.6 is 0 Å². The minimum atomic E-state index is -0.623. The maximum Gasteiger partial charge on any atom is 0.325 e. The number of allylic oxidation sites excluding steroid dienone is 6. The largest absolute Gasteiger partial charge is 0.506 e. The molecule has 16 nitrogen and oxygen atoms in total. The highest BCUT2D eigenvalue weighted by Gasteiger charge is 2.40. The molecular formula is C60H90N4O12. The van der Waals surface area contributed by atoms with Gasteiger partial charge >= 0.3 is 23.9 Å². The van der Waals surface area contributed by atoms with Crippen molar-refractivity contribution in [1.29, 1.82) is 0 Å². The second-order valence-electron chi connectivity index (χ2n) is 20.3. The quantitative estimate of drug-likeness (QED) is 0.0364. The molecule has 2 amide bonds. The summed E-state index contributed by atoms with van der Waals surface area (Å²) in [6.07, 6.45) is 19.6. The van der Waals surface area contributed by atoms with Crippen LogP contribution in [-0.2, 0) is 52.5 Å². The van der Waals surface area contributed by atoms with Gasteiger partial charge in [-0.1, -0.05) is 132 Å². The van der Waals surface area contributed by atoms with E-state index in [2.05, 4.69) is 51.9 Å². The number of nitrogens with zero attached hydrogens (tertiary/aromatic N) is 3. The SMILES string of the molecule is CCCCC(CC)COC(=O)CN(CC(=O)OCC(CC)CCCC)C1=CC(=NC(C)=O)C(=C2C(=O)C(c3ccc(N(CC(=O)OCC(CC)CCCC)CC(=O)OCC(CC)CCCC)cc3NC(C)=O)=C2O)C=C1. The molecule has 1 aromatic carbocycles. The van der Waals surface area contributed by atoms with E-state index in [-0.39, 0.29) is 110 Å². The summed E-state index contributed by atoms with van der Waals surface area (Å²) in [4.78, 5) is 101. The van der Waals surface area contributed by atoms with Gasteiger partial charge in [0.25, 0.3) is 0 Å². The molecular weight excluding hydrogens is 969 g/mol. The molecule has 0 spiro atoms. The van der Waals surface area contributed by atoms with Gasteiger partial charge in [0.05, 0.1) is 49.0 Å². The van der Waals surface area contributed by atoms with Crippen LogP contribution in [0.1, 0.15) is 178 Å². The molecule has 0 heterocycles. The molecule has 4 unspecified atom stereocenters. The summed E-state index contributed by atoms with van der Waals surface area (Å²) < 4.78 is 22.9. The third-order valence-electron chi connectivity index (χ3n) is 14.1. The maximum absolute atomic E-state index is 14.4. The fraction of sp³-hybridized carbons (Fsp3) is 0.633. The number of aliphatic hydroxyl groups is 1. The second-order valence-corrected chi connectivity index (χ2v) is 20.3. The zero-order chi connectivity index (χ0) is 56.2. The molecule has 2 N–H and O–H groups in total. The van der Waals surface area contributed by atoms with E-state index in [1.807, 2.05) is 13.8 Å². The number of esters is 4. The lowest BCUT2D eigenvalue weighted by Gasteiger charge is -2.29. The summed E-state index contributed by atoms with van der Waals surface area (Å²) in [5.41, 5.74) is 0.752. The van der Waals surface area contributed by atoms with Crippen molar-refractivity contribution in [2.75, 3.05) is 62.8 Å². The van der Waals surface area contributed by atoms with Crippen molar-refractivity contribution in [3.05, 3.63) is 64.6 Å². The number of Topliss-reactive ketones (excluding diaryl/α,β-unsaturated/α-hetero) is 1. The first-order valence-electron chi connectivity index (χ1n) is 28.2. The van der Waals surface area contributed by atoms with Gasteiger partial charge in [0, 0.05) is 36.4 Å². The summed E-state index contributed by atoms with van der Waals surface area (Å²) in [5, 5.41) is 14.6. The normalized spacial score (nSPS) is 16.3. The van der Waals surface area contributed by atoms with Crippen molar-refractivity contribution in [3.8, 4) is 0 Å². The van der Waals surface area contributed by atoms with E-state index < -0.39 is 47.2 Å². The number of hydrogen-bond donors (Lipinski definition) is 2. The molecule has 76 heavy (non-hydrogen) atoms. The monoisotopic (exact) mass is 1060 g/mol. The van der Waals surface area contributed by atoms with Crippen LogP contribution in [0.25, 0.3) is 5.57 Å². The molecule has 422 valence electrons. The van der Waals surface area contributed by atoms with Gasteiger partial charge in [0.15, 0.2) is 0 Å². The molecule has 0 aliphatic heterocycles. The number of hydrogen-bond acceptors (Lipinski definition) is 14. The fourth-order valence-corrected chi connectivity index (χ4v) is 9.05. The number of nitrogens with one attached hydrogen (secondary N) is 1. The van der Waals surface area contributed by atoms with Crippen molar-refractivity contribution in [2.45, 2.75) is 172 Å². The Balaban J connectivity index is 2.07. The van der Waals surface area contributed by atoms with E-state index in [0.29, 0.717) is 11.4 Å². The number of benzene rings is 1. The molecule has 0 saturated carbocycles. The predicted octanol–water partition coefficient (Wildman–Crippen LogP) is 11.4. The van der Waals surface area contributed by atoms with Crippen LogP contribution in [0.3, 0.4) is 0 Å². The van der Waals surface area contributed by atoms with E-state index in [0.717, 1.165) is 103 Å². The number of ketones is 1. The van der Waals surface area contributed by atoms with Gasteiger partial charge in [-0.2, -0.15) is 0 Å². The number of unbranched alkanes of at least 4 members (excludes halogenated alkanes) is 4. The predicted molar refractivity (Wildman–Crippen MR) is 299 cm³/mol. The number of rotatable bonds is 36. The zero-order valence-corrected chi connectivity index (χ0v) is 47.5. The Kier molecular flexibility index (Phi) is 29.2. The second kappa shape index (κ2) is 34.6. The average molecular weight is 1060 g/mol. The Hall–Kier alpha value is -6.06. The number of ether oxygens (including phenoxy) is 4. The number of carbonyl (C=O) groups excluding carboxylic acids is 7. The summed E-state index contributed by atoms with van der Waals surface area (Å²) in [6, 6.07) is 4.61. The molecule has 3 rings (SSSR count). The Bertz CT molecular complexity index is 2210. The Morgan fingerprint density at radius 1 is 0.579 bits per heavy atom. The van der Waals surface area contributed by atoms with Gasteiger partial charge < -0.3 is 39.2 Å². The van der Waals surface area contributed by atoms with E-state index in [9.17, 15) is 38.7 Å². The molecule has 0 aromatic heterocycles. The fourth-order valence-electron chi connectivity index (χ4n) is 9.05. The van der Waals surface area contributed by atoms with Crippen LogP contribution in [0, 0.1) is 23.7 Å². The summed E-state index contributed by atoms with van der Waals surface area (Å²) in [5.74, 6) is -3.64. The van der Waals surface area contributed by atoms with Crippen LogP contribution in [0.15, 0.2) is 64.0 Å². The lowest BCUT2D eigenvalue weighted by atomic mass is 9.78. The Morgan fingerprint density at radius 2 is 0.987 bits per heavy atom. The molecule has 0 bridgehead atoms. The first-order valence-corrected chi connectivity index (χ1v) is 28.2. The van der Waals surface area contributed by atoms with Crippen molar-refractivity contribution in [1.82, 2.24) is 4.90 Å². The highest BCUT2D eigenvalue weighted by Crippen LogP contribution is 2.43. The van der Waals surface area contributed by atoms with Crippen molar-refractivity contribution < 1.29 is 57.6 Å². The van der Waals surface area contributed by atoms with Gasteiger partial charge in [-0.05, 0) is 85.8 Å². The average Bonchev–Trinajstić information content (AvgIpc) is 3.39. The summed E-state index contributed by atoms with van der Waals surface area (Å²) >= 11 is 0. The lowest BCUT2D eigenvalue weighted by Crippen LogP contribution is -2.37. The zero-order valence-electron chi connectivity index (χ0n) is 47.5. The van der Waals surface area contributed by atoms with Gasteiger partial charge in [0.2, 0.25) is 17.6 Å². The minimum Gasteiger partial charge on any atom is -0.506 e. The van der Waals surface area contributed by atoms with Crippen LogP contribution < -0.4 is 10.2 Å². The summed E-state index contributed by atoms with van der Waals surface area (Å²) in [7, 11) is 0. The lowest BCUT2D eigenvalue weighted by molar-refractivity contribution is -0.150. The molecule has 0 radical (unpaired) electrons. The molecule has 2 aliphatic rings. The third kappa shape index (κ3) is 21.2. The minimum absolute atomic E-state index is 0.00000157. The van der Waals surface area contributed by atoms with Crippen LogP contribution in [0.2, 0.25) is 0 Å². The number of aliphatic hydroxyl groups excluding tert-OH is 1. The van der Waals surface area contributed by atoms with E-state index in [4.69, 9.17) is 18.9 Å². The van der Waals surface area contributed by atoms with Crippen LogP contribution in [0.4, 0.5) is 11.4 Å². The Morgan fingerprint density at radius 3 is 1.34 bits per heavy atom.